The Labute approximate surface area is 128 Å². The Morgan fingerprint density at radius 1 is 0.500 bits per heavy atom. The molecule has 0 fully saturated rings. The van der Waals surface area contributed by atoms with Crippen molar-refractivity contribution in [3.63, 3.8) is 0 Å². The molecule has 18 heavy (non-hydrogen) atoms. The standard InChI is InChI=1S/C12H8Cl4P2/c13-17(14)11-5-1-9(2-6-11)10-3-7-12(8-4-10)18(15)16/h1-8H. The summed E-state index contributed by atoms with van der Waals surface area (Å²) in [6.07, 6.45) is 0. The van der Waals surface area contributed by atoms with Crippen molar-refractivity contribution in [2.45, 2.75) is 0 Å². The molecule has 0 unspecified atom stereocenters. The SMILES string of the molecule is ClP(Cl)c1ccc(-c2ccc(P(Cl)Cl)cc2)cc1. The van der Waals surface area contributed by atoms with Gasteiger partial charge in [-0.25, -0.2) is 0 Å². The first-order valence-electron chi connectivity index (χ1n) is 5.02. The second-order valence-electron chi connectivity index (χ2n) is 3.56. The molecule has 0 N–H and O–H groups in total. The Morgan fingerprint density at radius 2 is 0.778 bits per heavy atom. The summed E-state index contributed by atoms with van der Waals surface area (Å²) in [7, 11) is 0. The molecule has 0 atom stereocenters. The molecule has 0 aromatic heterocycles. The molecule has 0 nitrogen and oxygen atoms in total. The molecular formula is C12H8Cl4P2. The van der Waals surface area contributed by atoms with Gasteiger partial charge in [0.05, 0.1) is 0 Å². The van der Waals surface area contributed by atoms with E-state index in [-0.39, 0.29) is 0 Å². The Bertz CT molecular complexity index is 459. The average molecular weight is 356 g/mol. The van der Waals surface area contributed by atoms with E-state index in [9.17, 15) is 0 Å². The smallest absolute Gasteiger partial charge is 0.0727 e. The maximum atomic E-state index is 5.86. The van der Waals surface area contributed by atoms with Crippen molar-refractivity contribution in [1.82, 2.24) is 0 Å². The maximum absolute atomic E-state index is 5.86. The van der Waals surface area contributed by atoms with Crippen LogP contribution in [0, 0.1) is 0 Å². The molecule has 0 radical (unpaired) electrons. The first-order valence-corrected chi connectivity index (χ1v) is 11.3. The first kappa shape index (κ1) is 14.9. The van der Waals surface area contributed by atoms with Crippen molar-refractivity contribution in [3.05, 3.63) is 48.5 Å². The Kier molecular flexibility index (Phi) is 5.58. The Hall–Kier alpha value is 0.460. The van der Waals surface area contributed by atoms with Crippen molar-refractivity contribution in [1.29, 1.82) is 0 Å². The number of benzene rings is 2. The number of hydrogen-bond acceptors (Lipinski definition) is 0. The lowest BCUT2D eigenvalue weighted by molar-refractivity contribution is 1.66. The number of hydrogen-bond donors (Lipinski definition) is 0. The van der Waals surface area contributed by atoms with Gasteiger partial charge in [-0.15, -0.1) is 0 Å². The molecule has 0 spiro atoms. The third-order valence-corrected chi connectivity index (χ3v) is 6.18. The second-order valence-corrected chi connectivity index (χ2v) is 10.6. The molecule has 0 saturated carbocycles. The van der Waals surface area contributed by atoms with E-state index in [2.05, 4.69) is 0 Å². The molecule has 0 saturated heterocycles. The van der Waals surface area contributed by atoms with E-state index in [0.717, 1.165) is 21.7 Å². The van der Waals surface area contributed by atoms with Crippen LogP contribution in [0.15, 0.2) is 48.5 Å². The van der Waals surface area contributed by atoms with Crippen LogP contribution in [-0.4, -0.2) is 0 Å². The van der Waals surface area contributed by atoms with Crippen LogP contribution in [0.4, 0.5) is 0 Å². The van der Waals surface area contributed by atoms with E-state index >= 15 is 0 Å². The van der Waals surface area contributed by atoms with E-state index in [1.807, 2.05) is 48.5 Å². The summed E-state index contributed by atoms with van der Waals surface area (Å²) in [5.74, 6) is 0. The number of rotatable bonds is 3. The van der Waals surface area contributed by atoms with E-state index in [4.69, 9.17) is 45.0 Å². The van der Waals surface area contributed by atoms with Crippen LogP contribution in [0.1, 0.15) is 0 Å². The van der Waals surface area contributed by atoms with E-state index in [0.29, 0.717) is 0 Å². The maximum Gasteiger partial charge on any atom is 0.116 e. The highest BCUT2D eigenvalue weighted by Gasteiger charge is 2.06. The lowest BCUT2D eigenvalue weighted by atomic mass is 10.1. The number of halogens is 4. The fourth-order valence-electron chi connectivity index (χ4n) is 1.53. The van der Waals surface area contributed by atoms with Gasteiger partial charge in [0.25, 0.3) is 0 Å². The fourth-order valence-corrected chi connectivity index (χ4v) is 3.63. The zero-order valence-corrected chi connectivity index (χ0v) is 13.8. The summed E-state index contributed by atoms with van der Waals surface area (Å²) in [4.78, 5) is 0. The van der Waals surface area contributed by atoms with Crippen molar-refractivity contribution in [3.8, 4) is 11.1 Å². The Morgan fingerprint density at radius 3 is 1.00 bits per heavy atom. The lowest BCUT2D eigenvalue weighted by Crippen LogP contribution is -1.95. The summed E-state index contributed by atoms with van der Waals surface area (Å²) < 4.78 is 0. The molecule has 2 rings (SSSR count). The molecule has 0 aliphatic heterocycles. The van der Waals surface area contributed by atoms with Gasteiger partial charge in [-0.1, -0.05) is 93.5 Å². The molecule has 0 amide bonds. The van der Waals surface area contributed by atoms with E-state index in [1.165, 1.54) is 0 Å². The second kappa shape index (κ2) is 6.76. The Balaban J connectivity index is 2.25. The van der Waals surface area contributed by atoms with Gasteiger partial charge in [-0.05, 0) is 11.1 Å². The highest BCUT2D eigenvalue weighted by molar-refractivity contribution is 8.09. The predicted octanol–water partition coefficient (Wildman–Crippen LogP) is 6.18. The van der Waals surface area contributed by atoms with Crippen LogP contribution in [0.2, 0.25) is 0 Å². The summed E-state index contributed by atoms with van der Waals surface area (Å²) >= 11 is 23.4. The summed E-state index contributed by atoms with van der Waals surface area (Å²) in [6, 6.07) is 15.8. The van der Waals surface area contributed by atoms with Gasteiger partial charge in [-0.3, -0.25) is 0 Å². The topological polar surface area (TPSA) is 0 Å². The van der Waals surface area contributed by atoms with Gasteiger partial charge in [0.1, 0.15) is 13.3 Å². The molecule has 6 heteroatoms. The zero-order valence-electron chi connectivity index (χ0n) is 9.03. The monoisotopic (exact) mass is 354 g/mol. The van der Waals surface area contributed by atoms with Crippen LogP contribution in [-0.2, 0) is 0 Å². The minimum atomic E-state index is -1.08. The molecule has 2 aromatic rings. The van der Waals surface area contributed by atoms with Gasteiger partial charge in [0, 0.05) is 10.6 Å². The van der Waals surface area contributed by atoms with Crippen LogP contribution in [0.25, 0.3) is 11.1 Å². The van der Waals surface area contributed by atoms with Crippen molar-refractivity contribution < 1.29 is 0 Å². The first-order chi connectivity index (χ1) is 8.58. The van der Waals surface area contributed by atoms with Crippen LogP contribution in [0.3, 0.4) is 0 Å². The zero-order chi connectivity index (χ0) is 13.1. The lowest BCUT2D eigenvalue weighted by Gasteiger charge is -2.06. The van der Waals surface area contributed by atoms with E-state index < -0.39 is 13.3 Å². The van der Waals surface area contributed by atoms with Crippen molar-refractivity contribution >= 4 is 68.8 Å². The molecule has 0 heterocycles. The summed E-state index contributed by atoms with van der Waals surface area (Å²) in [5.41, 5.74) is 2.23. The fraction of sp³-hybridized carbons (Fsp3) is 0. The van der Waals surface area contributed by atoms with Crippen LogP contribution >= 0.6 is 58.2 Å². The van der Waals surface area contributed by atoms with Crippen molar-refractivity contribution in [2.75, 3.05) is 0 Å². The minimum Gasteiger partial charge on any atom is -0.0727 e. The molecule has 94 valence electrons. The normalized spacial score (nSPS) is 11.2. The molecule has 0 aliphatic carbocycles. The molecule has 2 aromatic carbocycles. The third-order valence-electron chi connectivity index (χ3n) is 2.46. The van der Waals surface area contributed by atoms with Gasteiger partial charge in [0.15, 0.2) is 0 Å². The average Bonchev–Trinajstić information content (AvgIpc) is 2.39. The van der Waals surface area contributed by atoms with Crippen LogP contribution in [0.5, 0.6) is 0 Å². The minimum absolute atomic E-state index is 0.957. The van der Waals surface area contributed by atoms with E-state index in [1.54, 1.807) is 0 Å². The third kappa shape index (κ3) is 3.73. The largest absolute Gasteiger partial charge is 0.116 e. The van der Waals surface area contributed by atoms with Gasteiger partial charge >= 0.3 is 0 Å². The summed E-state index contributed by atoms with van der Waals surface area (Å²) in [5, 5.41) is 1.91. The van der Waals surface area contributed by atoms with Crippen LogP contribution < -0.4 is 10.6 Å². The highest BCUT2D eigenvalue weighted by atomic mass is 35.9. The van der Waals surface area contributed by atoms with Gasteiger partial charge < -0.3 is 0 Å². The molecule has 0 aliphatic rings. The predicted molar refractivity (Wildman–Crippen MR) is 88.4 cm³/mol. The van der Waals surface area contributed by atoms with Gasteiger partial charge in [-0.2, -0.15) is 0 Å². The molecular weight excluding hydrogens is 348 g/mol. The quantitative estimate of drug-likeness (QED) is 0.576. The highest BCUT2D eigenvalue weighted by Crippen LogP contribution is 2.46. The summed E-state index contributed by atoms with van der Waals surface area (Å²) in [6.45, 7) is -2.16. The molecule has 0 bridgehead atoms. The van der Waals surface area contributed by atoms with Crippen molar-refractivity contribution in [2.24, 2.45) is 0 Å². The van der Waals surface area contributed by atoms with Gasteiger partial charge in [0.2, 0.25) is 0 Å².